The van der Waals surface area contributed by atoms with Crippen LogP contribution in [-0.4, -0.2) is 42.0 Å². The Kier molecular flexibility index (Phi) is 3.49. The number of ether oxygens (including phenoxy) is 1. The van der Waals surface area contributed by atoms with Crippen molar-refractivity contribution in [3.8, 4) is 0 Å². The summed E-state index contributed by atoms with van der Waals surface area (Å²) in [7, 11) is 4.63. The van der Waals surface area contributed by atoms with E-state index in [1.165, 1.54) is 12.0 Å². The Morgan fingerprint density at radius 2 is 2.20 bits per heavy atom. The molecule has 15 heavy (non-hydrogen) atoms. The van der Waals surface area contributed by atoms with Crippen LogP contribution in [0, 0.1) is 0 Å². The van der Waals surface area contributed by atoms with E-state index in [2.05, 4.69) is 4.74 Å². The highest BCUT2D eigenvalue weighted by Crippen LogP contribution is 2.03. The number of carbonyl (C=O) groups is 2. The third-order valence-corrected chi connectivity index (χ3v) is 2.10. The first kappa shape index (κ1) is 11.3. The minimum atomic E-state index is -0.431. The number of aromatic nitrogens is 1. The Balaban J connectivity index is 2.69. The third-order valence-electron chi connectivity index (χ3n) is 2.10. The molecule has 1 aromatic heterocycles. The summed E-state index contributed by atoms with van der Waals surface area (Å²) in [6.07, 6.45) is 1.78. The topological polar surface area (TPSA) is 51.5 Å². The van der Waals surface area contributed by atoms with Gasteiger partial charge in [-0.15, -0.1) is 0 Å². The van der Waals surface area contributed by atoms with Crippen LogP contribution in [0.4, 0.5) is 0 Å². The quantitative estimate of drug-likeness (QED) is 0.673. The molecule has 0 atom stereocenters. The Labute approximate surface area is 88.2 Å². The minimum Gasteiger partial charge on any atom is -0.468 e. The average Bonchev–Trinajstić information content (AvgIpc) is 2.63. The van der Waals surface area contributed by atoms with E-state index in [9.17, 15) is 9.59 Å². The smallest absolute Gasteiger partial charge is 0.325 e. The molecule has 0 fully saturated rings. The van der Waals surface area contributed by atoms with Crippen LogP contribution in [0.15, 0.2) is 18.3 Å². The Morgan fingerprint density at radius 3 is 2.67 bits per heavy atom. The second-order valence-corrected chi connectivity index (χ2v) is 3.24. The van der Waals surface area contributed by atoms with Gasteiger partial charge < -0.3 is 14.2 Å². The minimum absolute atomic E-state index is 0.0412. The van der Waals surface area contributed by atoms with E-state index in [0.29, 0.717) is 5.69 Å². The lowest BCUT2D eigenvalue weighted by molar-refractivity contribution is -0.141. The number of aryl methyl sites for hydroxylation is 1. The van der Waals surface area contributed by atoms with E-state index in [1.54, 1.807) is 37.0 Å². The van der Waals surface area contributed by atoms with Gasteiger partial charge in [-0.3, -0.25) is 9.59 Å². The van der Waals surface area contributed by atoms with E-state index < -0.39 is 5.97 Å². The van der Waals surface area contributed by atoms with Gasteiger partial charge in [0.25, 0.3) is 5.91 Å². The zero-order chi connectivity index (χ0) is 11.4. The van der Waals surface area contributed by atoms with Crippen molar-refractivity contribution in [1.29, 1.82) is 0 Å². The molecule has 0 spiro atoms. The molecule has 0 radical (unpaired) electrons. The van der Waals surface area contributed by atoms with Crippen LogP contribution in [-0.2, 0) is 16.6 Å². The molecule has 1 amide bonds. The van der Waals surface area contributed by atoms with Crippen molar-refractivity contribution in [2.45, 2.75) is 0 Å². The zero-order valence-corrected chi connectivity index (χ0v) is 9.06. The molecule has 1 aromatic rings. The van der Waals surface area contributed by atoms with Crippen LogP contribution >= 0.6 is 0 Å². The number of likely N-dealkylation sites (N-methyl/N-ethyl adjacent to an activating group) is 1. The van der Waals surface area contributed by atoms with Gasteiger partial charge in [0.2, 0.25) is 0 Å². The van der Waals surface area contributed by atoms with E-state index in [1.807, 2.05) is 0 Å². The van der Waals surface area contributed by atoms with Crippen molar-refractivity contribution >= 4 is 11.9 Å². The number of hydrogen-bond acceptors (Lipinski definition) is 3. The fourth-order valence-corrected chi connectivity index (χ4v) is 1.21. The molecule has 1 rings (SSSR count). The van der Waals surface area contributed by atoms with E-state index in [0.717, 1.165) is 0 Å². The second-order valence-electron chi connectivity index (χ2n) is 3.24. The highest BCUT2D eigenvalue weighted by Gasteiger charge is 2.16. The number of esters is 1. The summed E-state index contributed by atoms with van der Waals surface area (Å²) in [5.74, 6) is -0.632. The van der Waals surface area contributed by atoms with E-state index >= 15 is 0 Å². The van der Waals surface area contributed by atoms with E-state index in [4.69, 9.17) is 0 Å². The molecule has 0 aliphatic heterocycles. The highest BCUT2D eigenvalue weighted by molar-refractivity contribution is 5.94. The molecule has 1 heterocycles. The molecule has 5 heteroatoms. The van der Waals surface area contributed by atoms with Gasteiger partial charge in [0.15, 0.2) is 0 Å². The maximum Gasteiger partial charge on any atom is 0.325 e. The van der Waals surface area contributed by atoms with Crippen LogP contribution < -0.4 is 0 Å². The predicted molar refractivity (Wildman–Crippen MR) is 54.4 cm³/mol. The second kappa shape index (κ2) is 4.63. The van der Waals surface area contributed by atoms with Crippen LogP contribution in [0.1, 0.15) is 10.5 Å². The molecule has 0 aliphatic carbocycles. The molecular weight excluding hydrogens is 196 g/mol. The van der Waals surface area contributed by atoms with E-state index in [-0.39, 0.29) is 12.5 Å². The van der Waals surface area contributed by atoms with Gasteiger partial charge in [0.1, 0.15) is 12.2 Å². The van der Waals surface area contributed by atoms with Crippen LogP contribution in [0.2, 0.25) is 0 Å². The Hall–Kier alpha value is -1.78. The summed E-state index contributed by atoms with van der Waals surface area (Å²) < 4.78 is 6.18. The van der Waals surface area contributed by atoms with Crippen molar-refractivity contribution in [3.05, 3.63) is 24.0 Å². The van der Waals surface area contributed by atoms with Gasteiger partial charge in [-0.2, -0.15) is 0 Å². The van der Waals surface area contributed by atoms with Gasteiger partial charge in [0.05, 0.1) is 7.11 Å². The average molecular weight is 210 g/mol. The lowest BCUT2D eigenvalue weighted by Gasteiger charge is -2.15. The number of methoxy groups -OCH3 is 1. The van der Waals surface area contributed by atoms with Crippen LogP contribution in [0.25, 0.3) is 0 Å². The lowest BCUT2D eigenvalue weighted by atomic mass is 10.3. The highest BCUT2D eigenvalue weighted by atomic mass is 16.5. The van der Waals surface area contributed by atoms with Crippen molar-refractivity contribution < 1.29 is 14.3 Å². The van der Waals surface area contributed by atoms with Gasteiger partial charge >= 0.3 is 5.97 Å². The molecule has 0 aromatic carbocycles. The molecule has 0 saturated heterocycles. The number of hydrogen-bond donors (Lipinski definition) is 0. The summed E-state index contributed by atoms with van der Waals surface area (Å²) in [5, 5.41) is 0. The fraction of sp³-hybridized carbons (Fsp3) is 0.400. The molecule has 0 bridgehead atoms. The summed E-state index contributed by atoms with van der Waals surface area (Å²) in [4.78, 5) is 24.1. The molecule has 0 N–H and O–H groups in total. The summed E-state index contributed by atoms with van der Waals surface area (Å²) in [5.41, 5.74) is 0.543. The van der Waals surface area contributed by atoms with Crippen LogP contribution in [0.3, 0.4) is 0 Å². The van der Waals surface area contributed by atoms with Gasteiger partial charge in [0, 0.05) is 20.3 Å². The number of amides is 1. The number of carbonyl (C=O) groups excluding carboxylic acids is 2. The third kappa shape index (κ3) is 2.59. The summed E-state index contributed by atoms with van der Waals surface area (Å²) >= 11 is 0. The Morgan fingerprint density at radius 1 is 1.53 bits per heavy atom. The van der Waals surface area contributed by atoms with Gasteiger partial charge in [-0.1, -0.05) is 0 Å². The molecule has 0 unspecified atom stereocenters. The van der Waals surface area contributed by atoms with Crippen molar-refractivity contribution in [2.24, 2.45) is 7.05 Å². The molecule has 0 saturated carbocycles. The normalized spacial score (nSPS) is 9.80. The largest absolute Gasteiger partial charge is 0.468 e. The first-order valence-corrected chi connectivity index (χ1v) is 4.50. The van der Waals surface area contributed by atoms with Crippen molar-refractivity contribution in [3.63, 3.8) is 0 Å². The molecule has 82 valence electrons. The predicted octanol–water partition coefficient (Wildman–Crippen LogP) is 0.270. The zero-order valence-electron chi connectivity index (χ0n) is 9.06. The molecular formula is C10H14N2O3. The number of nitrogens with zero attached hydrogens (tertiary/aromatic N) is 2. The standard InChI is InChI=1S/C10H14N2O3/c1-11-6-4-5-8(11)10(14)12(2)7-9(13)15-3/h4-6H,7H2,1-3H3. The molecule has 5 nitrogen and oxygen atoms in total. The van der Waals surface area contributed by atoms with Crippen molar-refractivity contribution in [2.75, 3.05) is 20.7 Å². The van der Waals surface area contributed by atoms with Gasteiger partial charge in [-0.05, 0) is 12.1 Å². The van der Waals surface area contributed by atoms with Crippen LogP contribution in [0.5, 0.6) is 0 Å². The molecule has 0 aliphatic rings. The summed E-state index contributed by atoms with van der Waals surface area (Å²) in [6.45, 7) is -0.0412. The maximum atomic E-state index is 11.8. The van der Waals surface area contributed by atoms with Crippen molar-refractivity contribution in [1.82, 2.24) is 9.47 Å². The van der Waals surface area contributed by atoms with Gasteiger partial charge in [-0.25, -0.2) is 0 Å². The number of rotatable bonds is 3. The monoisotopic (exact) mass is 210 g/mol. The fourth-order valence-electron chi connectivity index (χ4n) is 1.21. The lowest BCUT2D eigenvalue weighted by Crippen LogP contribution is -2.33. The SMILES string of the molecule is COC(=O)CN(C)C(=O)c1cccn1C. The maximum absolute atomic E-state index is 11.8. The summed E-state index contributed by atoms with van der Waals surface area (Å²) in [6, 6.07) is 3.48. The first-order chi connectivity index (χ1) is 7.06. The Bertz CT molecular complexity index is 370. The first-order valence-electron chi connectivity index (χ1n) is 4.50.